The van der Waals surface area contributed by atoms with E-state index in [1.54, 1.807) is 0 Å². The highest BCUT2D eigenvalue weighted by atomic mass is 32.2. The Hall–Kier alpha value is -1.43. The molecule has 0 radical (unpaired) electrons. The Bertz CT molecular complexity index is 639. The third-order valence-electron chi connectivity index (χ3n) is 4.62. The standard InChI is InChI=1S/C16H23N3O2S/c1-16(2)13(9-22-16)19-15(21)17-8-11-7-10-5-3-4-6-12(10)18-14(11)20/h7,13H,3-6,8-9H2,1-2H3,(H,18,20)(H2,17,19,21). The molecule has 1 saturated heterocycles. The Morgan fingerprint density at radius 3 is 2.86 bits per heavy atom. The van der Waals surface area contributed by atoms with Crippen molar-refractivity contribution in [2.24, 2.45) is 0 Å². The van der Waals surface area contributed by atoms with E-state index < -0.39 is 0 Å². The summed E-state index contributed by atoms with van der Waals surface area (Å²) in [6.07, 6.45) is 4.27. The van der Waals surface area contributed by atoms with Gasteiger partial charge in [-0.2, -0.15) is 11.8 Å². The minimum absolute atomic E-state index is 0.0829. The summed E-state index contributed by atoms with van der Waals surface area (Å²) in [6.45, 7) is 4.52. The zero-order valence-corrected chi connectivity index (χ0v) is 13.9. The molecule has 0 spiro atoms. The van der Waals surface area contributed by atoms with Gasteiger partial charge in [-0.15, -0.1) is 0 Å². The SMILES string of the molecule is CC1(C)SCC1NC(=O)NCc1cc2c([nH]c1=O)CCCC2. The lowest BCUT2D eigenvalue weighted by molar-refractivity contribution is 0.234. The normalized spacial score (nSPS) is 22.4. The third-order valence-corrected chi connectivity index (χ3v) is 6.15. The molecule has 5 nitrogen and oxygen atoms in total. The van der Waals surface area contributed by atoms with Crippen molar-refractivity contribution in [2.45, 2.75) is 56.9 Å². The van der Waals surface area contributed by atoms with Crippen molar-refractivity contribution in [2.75, 3.05) is 5.75 Å². The van der Waals surface area contributed by atoms with E-state index >= 15 is 0 Å². The van der Waals surface area contributed by atoms with Crippen LogP contribution in [0.15, 0.2) is 10.9 Å². The van der Waals surface area contributed by atoms with Gasteiger partial charge in [0.2, 0.25) is 0 Å². The maximum atomic E-state index is 12.1. The number of pyridine rings is 1. The second-order valence-electron chi connectivity index (χ2n) is 6.63. The summed E-state index contributed by atoms with van der Waals surface area (Å²) in [6, 6.07) is 1.95. The van der Waals surface area contributed by atoms with E-state index in [-0.39, 0.29) is 28.9 Å². The van der Waals surface area contributed by atoms with Crippen LogP contribution < -0.4 is 16.2 Å². The zero-order valence-electron chi connectivity index (χ0n) is 13.1. The maximum Gasteiger partial charge on any atom is 0.315 e. The highest BCUT2D eigenvalue weighted by molar-refractivity contribution is 8.02. The molecule has 3 rings (SSSR count). The van der Waals surface area contributed by atoms with E-state index in [1.165, 1.54) is 12.0 Å². The maximum absolute atomic E-state index is 12.1. The molecule has 1 fully saturated rings. The molecule has 22 heavy (non-hydrogen) atoms. The Kier molecular flexibility index (Phi) is 4.21. The highest BCUT2D eigenvalue weighted by Crippen LogP contribution is 2.39. The van der Waals surface area contributed by atoms with Crippen LogP contribution >= 0.6 is 11.8 Å². The molecule has 2 amide bonds. The van der Waals surface area contributed by atoms with Crippen molar-refractivity contribution >= 4 is 17.8 Å². The number of H-pyrrole nitrogens is 1. The lowest BCUT2D eigenvalue weighted by Crippen LogP contribution is -2.58. The van der Waals surface area contributed by atoms with Crippen LogP contribution in [0.4, 0.5) is 4.79 Å². The quantitative estimate of drug-likeness (QED) is 0.796. The van der Waals surface area contributed by atoms with Gasteiger partial charge in [0.25, 0.3) is 5.56 Å². The van der Waals surface area contributed by atoms with E-state index in [0.29, 0.717) is 5.56 Å². The van der Waals surface area contributed by atoms with Crippen LogP contribution in [-0.2, 0) is 19.4 Å². The number of fused-ring (bicyclic) bond motifs is 1. The molecule has 0 saturated carbocycles. The molecule has 1 aromatic heterocycles. The fraction of sp³-hybridized carbons (Fsp3) is 0.625. The summed E-state index contributed by atoms with van der Waals surface area (Å²) < 4.78 is 0.0978. The van der Waals surface area contributed by atoms with E-state index in [2.05, 4.69) is 29.5 Å². The van der Waals surface area contributed by atoms with Crippen LogP contribution in [0.5, 0.6) is 0 Å². The first kappa shape index (κ1) is 15.5. The molecule has 1 unspecified atom stereocenters. The highest BCUT2D eigenvalue weighted by Gasteiger charge is 2.40. The van der Waals surface area contributed by atoms with Gasteiger partial charge >= 0.3 is 6.03 Å². The summed E-state index contributed by atoms with van der Waals surface area (Å²) in [5.74, 6) is 0.944. The topological polar surface area (TPSA) is 74.0 Å². The zero-order chi connectivity index (χ0) is 15.7. The smallest absolute Gasteiger partial charge is 0.315 e. The van der Waals surface area contributed by atoms with Gasteiger partial charge in [0.05, 0.1) is 6.04 Å². The van der Waals surface area contributed by atoms with Gasteiger partial charge in [-0.1, -0.05) is 0 Å². The molecule has 1 aliphatic carbocycles. The summed E-state index contributed by atoms with van der Waals surface area (Å²) in [4.78, 5) is 27.0. The minimum atomic E-state index is -0.199. The van der Waals surface area contributed by atoms with Crippen molar-refractivity contribution < 1.29 is 4.79 Å². The van der Waals surface area contributed by atoms with Crippen LogP contribution in [0, 0.1) is 0 Å². The summed E-state index contributed by atoms with van der Waals surface area (Å²) >= 11 is 1.85. The number of rotatable bonds is 3. The fourth-order valence-electron chi connectivity index (χ4n) is 2.96. The predicted molar refractivity (Wildman–Crippen MR) is 89.4 cm³/mol. The number of carbonyl (C=O) groups is 1. The van der Waals surface area contributed by atoms with E-state index in [4.69, 9.17) is 0 Å². The van der Waals surface area contributed by atoms with Crippen molar-refractivity contribution in [3.8, 4) is 0 Å². The number of aryl methyl sites for hydroxylation is 2. The van der Waals surface area contributed by atoms with Crippen LogP contribution in [-0.4, -0.2) is 27.6 Å². The Morgan fingerprint density at radius 2 is 2.18 bits per heavy atom. The van der Waals surface area contributed by atoms with Crippen LogP contribution in [0.2, 0.25) is 0 Å². The molecular formula is C16H23N3O2S. The first-order valence-electron chi connectivity index (χ1n) is 7.88. The van der Waals surface area contributed by atoms with Gasteiger partial charge in [0, 0.05) is 28.3 Å². The Labute approximate surface area is 134 Å². The molecule has 0 aromatic carbocycles. The first-order valence-corrected chi connectivity index (χ1v) is 8.86. The largest absolute Gasteiger partial charge is 0.334 e. The molecule has 1 aromatic rings. The number of nitrogens with one attached hydrogen (secondary N) is 3. The number of aromatic amines is 1. The van der Waals surface area contributed by atoms with Gasteiger partial charge in [0.1, 0.15) is 0 Å². The molecule has 2 heterocycles. The van der Waals surface area contributed by atoms with Gasteiger partial charge in [-0.25, -0.2) is 4.79 Å². The molecule has 1 aliphatic heterocycles. The molecule has 0 bridgehead atoms. The number of amides is 2. The second-order valence-corrected chi connectivity index (χ2v) is 8.30. The molecule has 3 N–H and O–H groups in total. The molecule has 6 heteroatoms. The summed E-state index contributed by atoms with van der Waals surface area (Å²) in [7, 11) is 0. The minimum Gasteiger partial charge on any atom is -0.334 e. The van der Waals surface area contributed by atoms with Gasteiger partial charge < -0.3 is 15.6 Å². The second kappa shape index (κ2) is 5.99. The third kappa shape index (κ3) is 3.16. The first-order chi connectivity index (χ1) is 10.5. The molecular weight excluding hydrogens is 298 g/mol. The van der Waals surface area contributed by atoms with Gasteiger partial charge in [0.15, 0.2) is 0 Å². The summed E-state index contributed by atoms with van der Waals surface area (Å²) in [5.41, 5.74) is 2.84. The van der Waals surface area contributed by atoms with E-state index in [0.717, 1.165) is 30.7 Å². The van der Waals surface area contributed by atoms with Crippen LogP contribution in [0.1, 0.15) is 43.5 Å². The Balaban J connectivity index is 1.59. The van der Waals surface area contributed by atoms with Gasteiger partial charge in [-0.3, -0.25) is 4.79 Å². The molecule has 1 atom stereocenters. The van der Waals surface area contributed by atoms with E-state index in [9.17, 15) is 9.59 Å². The molecule has 120 valence electrons. The summed E-state index contributed by atoms with van der Waals surface area (Å²) in [5, 5.41) is 5.78. The fourth-order valence-corrected chi connectivity index (χ4v) is 4.10. The number of aromatic nitrogens is 1. The number of thioether (sulfide) groups is 1. The number of hydrogen-bond acceptors (Lipinski definition) is 3. The molecule has 2 aliphatic rings. The van der Waals surface area contributed by atoms with Crippen LogP contribution in [0.25, 0.3) is 0 Å². The number of urea groups is 1. The lowest BCUT2D eigenvalue weighted by Gasteiger charge is -2.43. The predicted octanol–water partition coefficient (Wildman–Crippen LogP) is 1.95. The van der Waals surface area contributed by atoms with Crippen molar-refractivity contribution in [1.29, 1.82) is 0 Å². The van der Waals surface area contributed by atoms with Gasteiger partial charge in [-0.05, 0) is 51.2 Å². The van der Waals surface area contributed by atoms with Crippen molar-refractivity contribution in [1.82, 2.24) is 15.6 Å². The number of hydrogen-bond donors (Lipinski definition) is 3. The van der Waals surface area contributed by atoms with E-state index in [1.807, 2.05) is 17.8 Å². The Morgan fingerprint density at radius 1 is 1.41 bits per heavy atom. The van der Waals surface area contributed by atoms with Crippen LogP contribution in [0.3, 0.4) is 0 Å². The number of carbonyl (C=O) groups excluding carboxylic acids is 1. The average molecular weight is 321 g/mol. The monoisotopic (exact) mass is 321 g/mol. The average Bonchev–Trinajstić information content (AvgIpc) is 2.49. The lowest BCUT2D eigenvalue weighted by atomic mass is 9.95. The van der Waals surface area contributed by atoms with Crippen molar-refractivity contribution in [3.63, 3.8) is 0 Å². The van der Waals surface area contributed by atoms with Crippen molar-refractivity contribution in [3.05, 3.63) is 33.2 Å².